The molecule has 7 aromatic carbocycles. The molecule has 0 saturated carbocycles. The second-order valence-corrected chi connectivity index (χ2v) is 19.1. The number of pyridine rings is 3. The van der Waals surface area contributed by atoms with Crippen molar-refractivity contribution >= 4 is 0 Å². The third kappa shape index (κ3) is 12.3. The molecule has 0 spiro atoms. The molecular weight excluding hydrogens is 955 g/mol. The Kier molecular flexibility index (Phi) is 17.3. The average Bonchev–Trinajstić information content (AvgIpc) is 3.63. The van der Waals surface area contributed by atoms with E-state index in [1.165, 1.54) is 0 Å². The number of nitrogens with zero attached hydrogens (tertiary/aromatic N) is 3. The van der Waals surface area contributed by atoms with Crippen LogP contribution in [0.3, 0.4) is 0 Å². The van der Waals surface area contributed by atoms with E-state index in [4.69, 9.17) is 14.2 Å². The number of benzene rings is 7. The van der Waals surface area contributed by atoms with Crippen molar-refractivity contribution in [1.29, 1.82) is 0 Å². The molecule has 78 heavy (non-hydrogen) atoms. The van der Waals surface area contributed by atoms with Gasteiger partial charge in [-0.25, -0.2) is 0 Å². The molecule has 0 N–H and O–H groups in total. The maximum absolute atomic E-state index is 6.35. The Hall–Kier alpha value is -9.39. The van der Waals surface area contributed by atoms with Crippen molar-refractivity contribution in [3.63, 3.8) is 0 Å². The first kappa shape index (κ1) is 52.1. The summed E-state index contributed by atoms with van der Waals surface area (Å²) in [5.41, 5.74) is 19.1. The highest BCUT2D eigenvalue weighted by Crippen LogP contribution is 2.56. The second-order valence-electron chi connectivity index (χ2n) is 19.1. The topological polar surface area (TPSA) is 66.4 Å². The van der Waals surface area contributed by atoms with E-state index >= 15 is 0 Å². The third-order valence-corrected chi connectivity index (χ3v) is 13.9. The lowest BCUT2D eigenvalue weighted by Crippen LogP contribution is -2.03. The molecule has 3 heterocycles. The summed E-state index contributed by atoms with van der Waals surface area (Å²) in [6, 6.07) is 65.1. The van der Waals surface area contributed by atoms with E-state index in [0.29, 0.717) is 19.8 Å². The molecule has 0 atom stereocenters. The molecule has 0 radical (unpaired) electrons. The number of unbranched alkanes of at least 4 members (excludes halogenated alkanes) is 3. The van der Waals surface area contributed by atoms with E-state index in [-0.39, 0.29) is 0 Å². The van der Waals surface area contributed by atoms with Gasteiger partial charge in [-0.2, -0.15) is 0 Å². The Morgan fingerprint density at radius 1 is 0.269 bits per heavy atom. The highest BCUT2D eigenvalue weighted by atomic mass is 16.5. The molecule has 384 valence electrons. The van der Waals surface area contributed by atoms with Crippen LogP contribution in [0.25, 0.3) is 100 Å². The molecule has 0 amide bonds. The number of hydrogen-bond acceptors (Lipinski definition) is 6. The smallest absolute Gasteiger partial charge is 0.119 e. The summed E-state index contributed by atoms with van der Waals surface area (Å²) >= 11 is 0. The summed E-state index contributed by atoms with van der Waals surface area (Å²) in [5, 5.41) is 0. The fraction of sp³-hybridized carbons (Fsp3) is 0.125. The third-order valence-electron chi connectivity index (χ3n) is 13.9. The first-order valence-electron chi connectivity index (χ1n) is 26.9. The Morgan fingerprint density at radius 2 is 0.487 bits per heavy atom. The summed E-state index contributed by atoms with van der Waals surface area (Å²) in [6.45, 7) is 13.5. The van der Waals surface area contributed by atoms with Crippen LogP contribution in [-0.4, -0.2) is 34.8 Å². The van der Waals surface area contributed by atoms with Gasteiger partial charge in [0.15, 0.2) is 0 Å². The lowest BCUT2D eigenvalue weighted by atomic mass is 9.74. The highest BCUT2D eigenvalue weighted by molar-refractivity contribution is 6.15. The average molecular weight is 1020 g/mol. The minimum atomic E-state index is 0.596. The fourth-order valence-corrected chi connectivity index (χ4v) is 9.98. The van der Waals surface area contributed by atoms with Crippen LogP contribution in [0.5, 0.6) is 17.2 Å². The van der Waals surface area contributed by atoms with E-state index in [9.17, 15) is 0 Å². The zero-order chi connectivity index (χ0) is 53.3. The zero-order valence-corrected chi connectivity index (χ0v) is 44.1. The van der Waals surface area contributed by atoms with Crippen LogP contribution < -0.4 is 14.2 Å². The molecule has 0 unspecified atom stereocenters. The number of rotatable bonds is 24. The Bertz CT molecular complexity index is 3140. The van der Waals surface area contributed by atoms with Gasteiger partial charge < -0.3 is 14.2 Å². The van der Waals surface area contributed by atoms with Gasteiger partial charge in [0.05, 0.1) is 19.8 Å². The molecule has 0 aliphatic carbocycles. The number of allylic oxidation sites excluding steroid dienone is 3. The van der Waals surface area contributed by atoms with Gasteiger partial charge in [0.2, 0.25) is 0 Å². The molecular formula is C72H63N3O3. The molecule has 10 aromatic rings. The lowest BCUT2D eigenvalue weighted by Gasteiger charge is -2.29. The maximum atomic E-state index is 6.35. The minimum absolute atomic E-state index is 0.596. The maximum Gasteiger partial charge on any atom is 0.119 e. The van der Waals surface area contributed by atoms with E-state index in [2.05, 4.69) is 198 Å². The highest BCUT2D eigenvalue weighted by Gasteiger charge is 2.30. The van der Waals surface area contributed by atoms with Gasteiger partial charge in [0, 0.05) is 37.2 Å². The van der Waals surface area contributed by atoms with Gasteiger partial charge >= 0.3 is 0 Å². The molecule has 6 nitrogen and oxygen atoms in total. The van der Waals surface area contributed by atoms with Crippen LogP contribution in [0.15, 0.2) is 257 Å². The van der Waals surface area contributed by atoms with Crippen molar-refractivity contribution in [3.8, 4) is 117 Å². The van der Waals surface area contributed by atoms with E-state index in [1.54, 1.807) is 0 Å². The van der Waals surface area contributed by atoms with Crippen LogP contribution in [0.1, 0.15) is 38.5 Å². The number of ether oxygens (including phenoxy) is 3. The second kappa shape index (κ2) is 25.9. The van der Waals surface area contributed by atoms with Crippen LogP contribution in [0.2, 0.25) is 0 Å². The summed E-state index contributed by atoms with van der Waals surface area (Å²) < 4.78 is 19.1. The van der Waals surface area contributed by atoms with Crippen molar-refractivity contribution in [3.05, 3.63) is 257 Å². The normalized spacial score (nSPS) is 10.9. The Morgan fingerprint density at radius 3 is 0.692 bits per heavy atom. The number of hydrogen-bond donors (Lipinski definition) is 0. The quantitative estimate of drug-likeness (QED) is 0.0444. The van der Waals surface area contributed by atoms with E-state index in [1.807, 2.05) is 73.6 Å². The minimum Gasteiger partial charge on any atom is -0.494 e. The molecule has 6 heteroatoms. The molecule has 0 aliphatic rings. The summed E-state index contributed by atoms with van der Waals surface area (Å²) in [5.74, 6) is 2.43. The molecule has 3 aromatic heterocycles. The van der Waals surface area contributed by atoms with Gasteiger partial charge in [-0.15, -0.1) is 19.7 Å². The predicted octanol–water partition coefficient (Wildman–Crippen LogP) is 18.9. The van der Waals surface area contributed by atoms with Gasteiger partial charge in [0.1, 0.15) is 17.2 Å². The fourth-order valence-electron chi connectivity index (χ4n) is 9.98. The van der Waals surface area contributed by atoms with Crippen LogP contribution >= 0.6 is 0 Å². The Labute approximate surface area is 459 Å². The van der Waals surface area contributed by atoms with Crippen molar-refractivity contribution in [2.75, 3.05) is 19.8 Å². The summed E-state index contributed by atoms with van der Waals surface area (Å²) in [4.78, 5) is 13.4. The monoisotopic (exact) mass is 1020 g/mol. The van der Waals surface area contributed by atoms with Crippen LogP contribution in [-0.2, 0) is 0 Å². The lowest BCUT2D eigenvalue weighted by molar-refractivity contribution is 0.312. The SMILES string of the molecule is C=CCCCOc1ccc(-c2c(-c3ccc(-c4cccnc4)cc3)c(-c3ccc(OCCCC=C)cc3)c(-c3ccc(-c4cccnc4)cc3)c(-c3ccc(OCCCC=C)cc3)c2-c2ccc(-c3cccnc3)cc2)cc1. The van der Waals surface area contributed by atoms with Gasteiger partial charge in [0.25, 0.3) is 0 Å². The van der Waals surface area contributed by atoms with E-state index < -0.39 is 0 Å². The van der Waals surface area contributed by atoms with Gasteiger partial charge in [-0.05, 0) is 193 Å². The van der Waals surface area contributed by atoms with Crippen molar-refractivity contribution < 1.29 is 14.2 Å². The predicted molar refractivity (Wildman–Crippen MR) is 324 cm³/mol. The standard InChI is InChI=1S/C72H63N3O3/c1-4-7-10-46-76-64-37-31-58(32-38-64)70-67(55-25-19-52(20-26-55)61-16-13-43-73-49-61)71(59-33-39-65(40-34-59)77-47-11-8-5-2)69(57-29-23-54(24-30-57)63-18-15-45-75-51-63)72(60-35-41-66(42-36-60)78-48-12-9-6-3)68(70)56-27-21-53(22-28-56)62-17-14-44-74-50-62/h4-6,13-45,49-51H,1-3,7-12,46-48H2. The van der Waals surface area contributed by atoms with Crippen molar-refractivity contribution in [2.24, 2.45) is 0 Å². The van der Waals surface area contributed by atoms with Gasteiger partial charge in [-0.3, -0.25) is 15.0 Å². The van der Waals surface area contributed by atoms with E-state index in [0.717, 1.165) is 156 Å². The molecule has 0 fully saturated rings. The number of aromatic nitrogens is 3. The summed E-state index contributed by atoms with van der Waals surface area (Å²) in [6.07, 6.45) is 22.3. The Balaban J connectivity index is 1.32. The van der Waals surface area contributed by atoms with Crippen molar-refractivity contribution in [2.45, 2.75) is 38.5 Å². The van der Waals surface area contributed by atoms with Crippen molar-refractivity contribution in [1.82, 2.24) is 15.0 Å². The molecule has 10 rings (SSSR count). The molecule has 0 aliphatic heterocycles. The van der Waals surface area contributed by atoms with Crippen LogP contribution in [0.4, 0.5) is 0 Å². The largest absolute Gasteiger partial charge is 0.494 e. The summed E-state index contributed by atoms with van der Waals surface area (Å²) in [7, 11) is 0. The molecule has 0 saturated heterocycles. The van der Waals surface area contributed by atoms with Gasteiger partial charge in [-0.1, -0.05) is 146 Å². The first-order chi connectivity index (χ1) is 38.6. The first-order valence-corrected chi connectivity index (χ1v) is 26.9. The molecule has 0 bridgehead atoms. The zero-order valence-electron chi connectivity index (χ0n) is 44.1. The van der Waals surface area contributed by atoms with Crippen LogP contribution in [0, 0.1) is 0 Å².